The van der Waals surface area contributed by atoms with Gasteiger partial charge in [-0.05, 0) is 50.7 Å². The second-order valence-electron chi connectivity index (χ2n) is 8.26. The lowest BCUT2D eigenvalue weighted by molar-refractivity contribution is -0.118. The van der Waals surface area contributed by atoms with E-state index in [1.165, 1.54) is 0 Å². The minimum absolute atomic E-state index is 0.00758. The molecule has 1 atom stereocenters. The molecule has 1 amide bonds. The zero-order valence-electron chi connectivity index (χ0n) is 17.5. The Hall–Kier alpha value is -2.65. The lowest BCUT2D eigenvalue weighted by Gasteiger charge is -2.24. The van der Waals surface area contributed by atoms with Gasteiger partial charge >= 0.3 is 0 Å². The van der Waals surface area contributed by atoms with Crippen LogP contribution in [0.25, 0.3) is 20.8 Å². The number of rotatable bonds is 9. The molecule has 0 bridgehead atoms. The summed E-state index contributed by atoms with van der Waals surface area (Å²) < 4.78 is 9.02. The van der Waals surface area contributed by atoms with Gasteiger partial charge in [0.15, 0.2) is 6.23 Å². The molecule has 3 N–H and O–H groups in total. The Morgan fingerprint density at radius 3 is 3.00 bits per heavy atom. The molecule has 1 unspecified atom stereocenters. The van der Waals surface area contributed by atoms with Crippen LogP contribution in [0, 0.1) is 0 Å². The molecule has 4 heterocycles. The lowest BCUT2D eigenvalue weighted by Crippen LogP contribution is -2.26. The fourth-order valence-corrected chi connectivity index (χ4v) is 5.27. The van der Waals surface area contributed by atoms with Gasteiger partial charge in [0.05, 0.1) is 26.5 Å². The first-order chi connectivity index (χ1) is 15.2. The molecule has 0 aromatic carbocycles. The molecule has 3 aromatic rings. The molecule has 1 saturated heterocycles. The monoisotopic (exact) mass is 440 g/mol. The average molecular weight is 441 g/mol. The highest BCUT2D eigenvalue weighted by molar-refractivity contribution is 7.22. The predicted octanol–water partition coefficient (Wildman–Crippen LogP) is 3.86. The van der Waals surface area contributed by atoms with Gasteiger partial charge < -0.3 is 20.7 Å². The fourth-order valence-electron chi connectivity index (χ4n) is 4.17. The molecule has 5 rings (SSSR count). The molecule has 2 fully saturated rings. The van der Waals surface area contributed by atoms with Crippen molar-refractivity contribution in [2.75, 3.05) is 30.7 Å². The number of ether oxygens (including phenoxy) is 1. The Morgan fingerprint density at radius 2 is 2.23 bits per heavy atom. The fraction of sp³-hybridized carbons (Fsp3) is 0.500. The Bertz CT molecular complexity index is 1050. The number of pyridine rings is 1. The molecule has 2 aliphatic rings. The zero-order chi connectivity index (χ0) is 21.2. The molecule has 1 aliphatic heterocycles. The number of amides is 1. The number of carbonyl (C=O) groups excluding carboxylic acids is 1. The van der Waals surface area contributed by atoms with Gasteiger partial charge in [-0.25, -0.2) is 9.67 Å². The van der Waals surface area contributed by atoms with Gasteiger partial charge in [0.25, 0.3) is 0 Å². The van der Waals surface area contributed by atoms with E-state index in [-0.39, 0.29) is 6.23 Å². The van der Waals surface area contributed by atoms with Crippen LogP contribution in [0.2, 0.25) is 0 Å². The third-order valence-corrected chi connectivity index (χ3v) is 7.09. The topological polar surface area (TPSA) is 98.3 Å². The molecule has 3 aromatic heterocycles. The number of aromatic nitrogens is 3. The highest BCUT2D eigenvalue weighted by atomic mass is 32.1. The van der Waals surface area contributed by atoms with Gasteiger partial charge in [0.1, 0.15) is 5.82 Å². The SMILES string of the molecule is Nc1cc(NCCCN(C=O)C2CC2)c2sc(-c3ccnn3C3CCCCO3)cc2n1. The van der Waals surface area contributed by atoms with Gasteiger partial charge in [-0.2, -0.15) is 5.10 Å². The van der Waals surface area contributed by atoms with Crippen molar-refractivity contribution in [3.05, 3.63) is 24.4 Å². The Kier molecular flexibility index (Phi) is 5.78. The minimum atomic E-state index is -0.00758. The number of nitrogens with two attached hydrogens (primary N) is 1. The lowest BCUT2D eigenvalue weighted by atomic mass is 10.2. The summed E-state index contributed by atoms with van der Waals surface area (Å²) in [5.74, 6) is 0.496. The van der Waals surface area contributed by atoms with E-state index >= 15 is 0 Å². The van der Waals surface area contributed by atoms with E-state index in [4.69, 9.17) is 10.5 Å². The van der Waals surface area contributed by atoms with E-state index in [1.54, 1.807) is 11.3 Å². The van der Waals surface area contributed by atoms with Crippen LogP contribution in [0.1, 0.15) is 44.8 Å². The first kappa shape index (κ1) is 20.3. The Balaban J connectivity index is 1.34. The maximum Gasteiger partial charge on any atom is 0.209 e. The van der Waals surface area contributed by atoms with Crippen molar-refractivity contribution in [3.8, 4) is 10.6 Å². The Morgan fingerprint density at radius 1 is 1.32 bits per heavy atom. The predicted molar refractivity (Wildman–Crippen MR) is 123 cm³/mol. The maximum absolute atomic E-state index is 11.2. The molecule has 0 radical (unpaired) electrons. The second-order valence-corrected chi connectivity index (χ2v) is 9.31. The van der Waals surface area contributed by atoms with Crippen LogP contribution in [0.4, 0.5) is 11.5 Å². The number of nitrogen functional groups attached to an aromatic ring is 1. The van der Waals surface area contributed by atoms with Crippen molar-refractivity contribution in [1.82, 2.24) is 19.7 Å². The molecule has 164 valence electrons. The van der Waals surface area contributed by atoms with Crippen molar-refractivity contribution in [2.24, 2.45) is 0 Å². The number of carbonyl (C=O) groups is 1. The summed E-state index contributed by atoms with van der Waals surface area (Å²) in [4.78, 5) is 18.7. The van der Waals surface area contributed by atoms with Crippen molar-refractivity contribution in [2.45, 2.75) is 50.8 Å². The molecule has 0 spiro atoms. The van der Waals surface area contributed by atoms with Crippen LogP contribution in [-0.2, 0) is 9.53 Å². The van der Waals surface area contributed by atoms with Crippen LogP contribution < -0.4 is 11.1 Å². The standard InChI is InChI=1S/C22H28N6O2S/c23-20-13-16(24-8-3-10-27(14-29)15-5-6-15)22-17(26-20)12-19(31-22)18-7-9-25-28(18)21-4-1-2-11-30-21/h7,9,12-15,21H,1-6,8,10-11H2,(H3,23,24,26). The summed E-state index contributed by atoms with van der Waals surface area (Å²) in [6.07, 6.45) is 9.21. The molecule has 9 heteroatoms. The first-order valence-electron chi connectivity index (χ1n) is 11.0. The second kappa shape index (κ2) is 8.84. The molecule has 31 heavy (non-hydrogen) atoms. The van der Waals surface area contributed by atoms with Crippen LogP contribution in [0.5, 0.6) is 0 Å². The summed E-state index contributed by atoms with van der Waals surface area (Å²) in [6, 6.07) is 6.46. The summed E-state index contributed by atoms with van der Waals surface area (Å²) in [7, 11) is 0. The largest absolute Gasteiger partial charge is 0.384 e. The molecular weight excluding hydrogens is 412 g/mol. The smallest absolute Gasteiger partial charge is 0.209 e. The van der Waals surface area contributed by atoms with Crippen molar-refractivity contribution >= 4 is 39.5 Å². The quantitative estimate of drug-likeness (QED) is 0.387. The summed E-state index contributed by atoms with van der Waals surface area (Å²) >= 11 is 1.69. The van der Waals surface area contributed by atoms with Crippen LogP contribution in [0.3, 0.4) is 0 Å². The molecule has 1 saturated carbocycles. The third kappa shape index (κ3) is 4.38. The van der Waals surface area contributed by atoms with E-state index < -0.39 is 0 Å². The third-order valence-electron chi connectivity index (χ3n) is 5.91. The summed E-state index contributed by atoms with van der Waals surface area (Å²) in [6.45, 7) is 2.34. The van der Waals surface area contributed by atoms with E-state index in [2.05, 4.69) is 21.5 Å². The van der Waals surface area contributed by atoms with Crippen LogP contribution in [0.15, 0.2) is 24.4 Å². The number of nitrogens with zero attached hydrogens (tertiary/aromatic N) is 4. The van der Waals surface area contributed by atoms with E-state index in [1.807, 2.05) is 27.9 Å². The van der Waals surface area contributed by atoms with Crippen molar-refractivity contribution in [3.63, 3.8) is 0 Å². The number of fused-ring (bicyclic) bond motifs is 1. The van der Waals surface area contributed by atoms with E-state index in [0.717, 1.165) is 91.1 Å². The zero-order valence-corrected chi connectivity index (χ0v) is 18.3. The van der Waals surface area contributed by atoms with Crippen molar-refractivity contribution in [1.29, 1.82) is 0 Å². The van der Waals surface area contributed by atoms with E-state index in [9.17, 15) is 4.79 Å². The number of thiophene rings is 1. The van der Waals surface area contributed by atoms with Crippen LogP contribution >= 0.6 is 11.3 Å². The number of hydrogen-bond donors (Lipinski definition) is 2. The summed E-state index contributed by atoms with van der Waals surface area (Å²) in [5, 5.41) is 8.04. The normalized spacial score (nSPS) is 18.9. The maximum atomic E-state index is 11.2. The Labute approximate surface area is 185 Å². The highest BCUT2D eigenvalue weighted by Gasteiger charge is 2.27. The highest BCUT2D eigenvalue weighted by Crippen LogP contribution is 2.39. The summed E-state index contributed by atoms with van der Waals surface area (Å²) in [5.41, 5.74) is 9.00. The number of anilines is 2. The van der Waals surface area contributed by atoms with Gasteiger partial charge in [0, 0.05) is 38.0 Å². The van der Waals surface area contributed by atoms with Gasteiger partial charge in [-0.15, -0.1) is 11.3 Å². The minimum Gasteiger partial charge on any atom is -0.384 e. The number of hydrogen-bond acceptors (Lipinski definition) is 7. The molecular formula is C22H28N6O2S. The first-order valence-corrected chi connectivity index (χ1v) is 11.8. The van der Waals surface area contributed by atoms with Gasteiger partial charge in [-0.1, -0.05) is 0 Å². The van der Waals surface area contributed by atoms with Crippen molar-refractivity contribution < 1.29 is 9.53 Å². The number of nitrogens with one attached hydrogen (secondary N) is 1. The van der Waals surface area contributed by atoms with E-state index in [0.29, 0.717) is 11.9 Å². The van der Waals surface area contributed by atoms with Crippen LogP contribution in [-0.4, -0.2) is 51.8 Å². The average Bonchev–Trinajstić information content (AvgIpc) is 3.34. The van der Waals surface area contributed by atoms with Gasteiger partial charge in [0.2, 0.25) is 6.41 Å². The molecule has 1 aliphatic carbocycles. The molecule has 8 nitrogen and oxygen atoms in total. The van der Waals surface area contributed by atoms with Gasteiger partial charge in [-0.3, -0.25) is 4.79 Å².